The van der Waals surface area contributed by atoms with Crippen LogP contribution in [0, 0.1) is 0 Å². The van der Waals surface area contributed by atoms with Crippen molar-refractivity contribution in [2.24, 2.45) is 0 Å². The van der Waals surface area contributed by atoms with Crippen LogP contribution in [0.3, 0.4) is 0 Å². The van der Waals surface area contributed by atoms with Crippen LogP contribution in [-0.4, -0.2) is 66.2 Å². The first-order chi connectivity index (χ1) is 16.7. The molecule has 0 aliphatic carbocycles. The van der Waals surface area contributed by atoms with E-state index in [0.717, 1.165) is 10.5 Å². The van der Waals surface area contributed by atoms with Crippen molar-refractivity contribution in [3.63, 3.8) is 0 Å². The molecule has 2 aromatic carbocycles. The van der Waals surface area contributed by atoms with Gasteiger partial charge in [-0.05, 0) is 30.9 Å². The number of nitrogens with one attached hydrogen (secondary N) is 1. The molecule has 1 N–H and O–H groups in total. The molecule has 35 heavy (non-hydrogen) atoms. The van der Waals surface area contributed by atoms with E-state index in [0.29, 0.717) is 18.4 Å². The maximum atomic E-state index is 13.8. The molecule has 4 amide bonds. The lowest BCUT2D eigenvalue weighted by Gasteiger charge is -2.34. The summed E-state index contributed by atoms with van der Waals surface area (Å²) in [5.74, 6) is -0.969. The van der Waals surface area contributed by atoms with Crippen LogP contribution in [0.5, 0.6) is 0 Å². The fourth-order valence-electron chi connectivity index (χ4n) is 5.03. The molecule has 0 aromatic heterocycles. The van der Waals surface area contributed by atoms with Gasteiger partial charge in [-0.3, -0.25) is 14.5 Å². The van der Waals surface area contributed by atoms with E-state index in [2.05, 4.69) is 5.32 Å². The van der Waals surface area contributed by atoms with Crippen LogP contribution in [0.25, 0.3) is 0 Å². The van der Waals surface area contributed by atoms with Crippen LogP contribution >= 0.6 is 0 Å². The zero-order valence-corrected chi connectivity index (χ0v) is 20.8. The van der Waals surface area contributed by atoms with Gasteiger partial charge in [-0.25, -0.2) is 13.2 Å². The molecule has 0 saturated carbocycles. The highest BCUT2D eigenvalue weighted by Gasteiger charge is 2.53. The zero-order chi connectivity index (χ0) is 25.2. The first-order valence-corrected chi connectivity index (χ1v) is 13.7. The highest BCUT2D eigenvalue weighted by Crippen LogP contribution is 2.33. The number of rotatable bonds is 8. The Kier molecular flexibility index (Phi) is 6.98. The van der Waals surface area contributed by atoms with Gasteiger partial charge in [0.1, 0.15) is 6.54 Å². The summed E-state index contributed by atoms with van der Waals surface area (Å²) in [6, 6.07) is 17.1. The second kappa shape index (κ2) is 9.81. The standard InChI is InChI=1S/C26H31N3O5S/c1-3-19(2)29(22-14-15-35(33,34)18-22)23(30)17-28-24(31)26(27-25(28)32,21-12-8-5-9-13-21)16-20-10-6-4-7-11-20/h4-13,19,22H,3,14-18H2,1-2H3,(H,27,32)/t19-,22+,26+/m0/s1. The van der Waals surface area contributed by atoms with E-state index >= 15 is 0 Å². The Morgan fingerprint density at radius 2 is 1.74 bits per heavy atom. The van der Waals surface area contributed by atoms with Crippen molar-refractivity contribution in [3.8, 4) is 0 Å². The summed E-state index contributed by atoms with van der Waals surface area (Å²) in [7, 11) is -3.21. The molecule has 3 atom stereocenters. The Hall–Kier alpha value is -3.20. The molecule has 2 aliphatic heterocycles. The van der Waals surface area contributed by atoms with Crippen molar-refractivity contribution in [2.45, 2.75) is 50.7 Å². The highest BCUT2D eigenvalue weighted by molar-refractivity contribution is 7.91. The summed E-state index contributed by atoms with van der Waals surface area (Å²) in [5, 5.41) is 2.87. The van der Waals surface area contributed by atoms with Crippen LogP contribution in [0.15, 0.2) is 60.7 Å². The van der Waals surface area contributed by atoms with E-state index in [1.165, 1.54) is 0 Å². The minimum Gasteiger partial charge on any atom is -0.334 e. The Bertz CT molecular complexity index is 1200. The first-order valence-electron chi connectivity index (χ1n) is 11.9. The average molecular weight is 498 g/mol. The van der Waals surface area contributed by atoms with E-state index < -0.39 is 45.8 Å². The van der Waals surface area contributed by atoms with Gasteiger partial charge >= 0.3 is 6.03 Å². The lowest BCUT2D eigenvalue weighted by molar-refractivity contribution is -0.141. The number of sulfone groups is 1. The number of amides is 4. The predicted molar refractivity (Wildman–Crippen MR) is 132 cm³/mol. The molecule has 2 fully saturated rings. The summed E-state index contributed by atoms with van der Waals surface area (Å²) in [5.41, 5.74) is 0.172. The maximum Gasteiger partial charge on any atom is 0.325 e. The predicted octanol–water partition coefficient (Wildman–Crippen LogP) is 2.49. The van der Waals surface area contributed by atoms with Crippen molar-refractivity contribution in [1.29, 1.82) is 0 Å². The van der Waals surface area contributed by atoms with Crippen molar-refractivity contribution in [3.05, 3.63) is 71.8 Å². The summed E-state index contributed by atoms with van der Waals surface area (Å²) in [4.78, 5) is 42.9. The van der Waals surface area contributed by atoms with Crippen molar-refractivity contribution in [1.82, 2.24) is 15.1 Å². The van der Waals surface area contributed by atoms with Gasteiger partial charge in [0.05, 0.1) is 11.5 Å². The normalized spacial score (nSPS) is 24.3. The number of hydrogen-bond donors (Lipinski definition) is 1. The molecule has 8 nitrogen and oxygen atoms in total. The first kappa shape index (κ1) is 24.9. The van der Waals surface area contributed by atoms with E-state index in [9.17, 15) is 22.8 Å². The second-order valence-corrected chi connectivity index (χ2v) is 11.6. The van der Waals surface area contributed by atoms with Crippen LogP contribution in [-0.2, 0) is 31.4 Å². The van der Waals surface area contributed by atoms with Crippen LogP contribution in [0.4, 0.5) is 4.79 Å². The van der Waals surface area contributed by atoms with E-state index in [1.807, 2.05) is 50.2 Å². The Balaban J connectivity index is 1.63. The molecular formula is C26H31N3O5S. The molecular weight excluding hydrogens is 466 g/mol. The summed E-state index contributed by atoms with van der Waals surface area (Å²) in [6.45, 7) is 3.34. The second-order valence-electron chi connectivity index (χ2n) is 9.37. The van der Waals surface area contributed by atoms with Crippen LogP contribution in [0.2, 0.25) is 0 Å². The van der Waals surface area contributed by atoms with Gasteiger partial charge < -0.3 is 10.2 Å². The molecule has 2 saturated heterocycles. The number of nitrogens with zero attached hydrogens (tertiary/aromatic N) is 2. The monoisotopic (exact) mass is 497 g/mol. The topological polar surface area (TPSA) is 104 Å². The summed E-state index contributed by atoms with van der Waals surface area (Å²) < 4.78 is 24.2. The quantitative estimate of drug-likeness (QED) is 0.565. The number of benzene rings is 2. The number of imide groups is 1. The van der Waals surface area contributed by atoms with Crippen molar-refractivity contribution >= 4 is 27.7 Å². The third-order valence-electron chi connectivity index (χ3n) is 7.00. The number of hydrogen-bond acceptors (Lipinski definition) is 5. The highest BCUT2D eigenvalue weighted by atomic mass is 32.2. The third kappa shape index (κ3) is 4.96. The molecule has 0 bridgehead atoms. The van der Waals surface area contributed by atoms with Gasteiger partial charge in [-0.15, -0.1) is 0 Å². The fourth-order valence-corrected chi connectivity index (χ4v) is 6.74. The van der Waals surface area contributed by atoms with Gasteiger partial charge in [0, 0.05) is 18.5 Å². The Labute approximate surface area is 206 Å². The minimum absolute atomic E-state index is 0.0369. The molecule has 2 heterocycles. The van der Waals surface area contributed by atoms with Gasteiger partial charge in [-0.2, -0.15) is 0 Å². The smallest absolute Gasteiger partial charge is 0.325 e. The van der Waals surface area contributed by atoms with Crippen molar-refractivity contribution < 1.29 is 22.8 Å². The Morgan fingerprint density at radius 1 is 1.11 bits per heavy atom. The molecule has 4 rings (SSSR count). The number of urea groups is 1. The average Bonchev–Trinajstić information content (AvgIpc) is 3.32. The lowest BCUT2D eigenvalue weighted by atomic mass is 9.83. The fraction of sp³-hybridized carbons (Fsp3) is 0.423. The number of carbonyl (C=O) groups is 3. The molecule has 9 heteroatoms. The van der Waals surface area contributed by atoms with Gasteiger partial charge in [-0.1, -0.05) is 67.6 Å². The molecule has 0 unspecified atom stereocenters. The minimum atomic E-state index is -3.21. The van der Waals surface area contributed by atoms with Gasteiger partial charge in [0.2, 0.25) is 5.91 Å². The molecule has 186 valence electrons. The largest absolute Gasteiger partial charge is 0.334 e. The Morgan fingerprint density at radius 3 is 2.31 bits per heavy atom. The number of carbonyl (C=O) groups excluding carboxylic acids is 3. The zero-order valence-electron chi connectivity index (χ0n) is 20.0. The van der Waals surface area contributed by atoms with Crippen LogP contribution < -0.4 is 5.32 Å². The molecule has 0 radical (unpaired) electrons. The van der Waals surface area contributed by atoms with Gasteiger partial charge in [0.25, 0.3) is 5.91 Å². The maximum absolute atomic E-state index is 13.8. The third-order valence-corrected chi connectivity index (χ3v) is 8.75. The molecule has 2 aromatic rings. The molecule has 0 spiro atoms. The van der Waals surface area contributed by atoms with Gasteiger partial charge in [0.15, 0.2) is 15.4 Å². The molecule has 2 aliphatic rings. The van der Waals surface area contributed by atoms with E-state index in [-0.39, 0.29) is 24.0 Å². The van der Waals surface area contributed by atoms with Crippen molar-refractivity contribution in [2.75, 3.05) is 18.1 Å². The van der Waals surface area contributed by atoms with E-state index in [4.69, 9.17) is 0 Å². The van der Waals surface area contributed by atoms with Crippen LogP contribution in [0.1, 0.15) is 37.8 Å². The summed E-state index contributed by atoms with van der Waals surface area (Å²) in [6.07, 6.45) is 1.23. The lowest BCUT2D eigenvalue weighted by Crippen LogP contribution is -2.52. The van der Waals surface area contributed by atoms with E-state index in [1.54, 1.807) is 29.2 Å². The SMILES string of the molecule is CC[C@H](C)N(C(=O)CN1C(=O)N[C@](Cc2ccccc2)(c2ccccc2)C1=O)[C@@H]1CCS(=O)(=O)C1. The summed E-state index contributed by atoms with van der Waals surface area (Å²) >= 11 is 0.